The zero-order valence-corrected chi connectivity index (χ0v) is 21.9. The number of nitrogens with one attached hydrogen (secondary N) is 1. The van der Waals surface area contributed by atoms with E-state index in [-0.39, 0.29) is 18.6 Å². The maximum absolute atomic E-state index is 14.0. The lowest BCUT2D eigenvalue weighted by molar-refractivity contribution is -0.387. The molecule has 4 aromatic rings. The van der Waals surface area contributed by atoms with Crippen molar-refractivity contribution in [1.82, 2.24) is 19.4 Å². The second-order valence-corrected chi connectivity index (χ2v) is 10.4. The maximum Gasteiger partial charge on any atom is 0.306 e. The molecule has 12 heteroatoms. The second kappa shape index (κ2) is 10.1. The standard InChI is InChI=1S/C27H26ClFN6O4/c1-15-9-20(29)22(35(37)38)10-21(15)31-27-30-11-19(28)25(32-27)18-13-34-23(16-5-6-33(12-16)7-8-36)14-39-24-4-2-3-17(18)26(24)34/h2-4,9-11,13,16,23,36H,5-8,12,14H2,1H3,(H,30,31,32). The van der Waals surface area contributed by atoms with Gasteiger partial charge >= 0.3 is 5.69 Å². The number of aryl methyl sites for hydroxylation is 1. The number of halogens is 2. The number of rotatable bonds is 7. The Morgan fingerprint density at radius 1 is 1.36 bits per heavy atom. The van der Waals surface area contributed by atoms with Crippen molar-refractivity contribution in [3.63, 3.8) is 0 Å². The number of nitrogens with zero attached hydrogens (tertiary/aromatic N) is 5. The van der Waals surface area contributed by atoms with Crippen molar-refractivity contribution in [1.29, 1.82) is 0 Å². The van der Waals surface area contributed by atoms with Gasteiger partial charge in [-0.15, -0.1) is 0 Å². The summed E-state index contributed by atoms with van der Waals surface area (Å²) in [5.41, 5.74) is 2.43. The molecule has 2 aliphatic heterocycles. The quantitative estimate of drug-likeness (QED) is 0.240. The summed E-state index contributed by atoms with van der Waals surface area (Å²) in [6.45, 7) is 4.82. The summed E-state index contributed by atoms with van der Waals surface area (Å²) >= 11 is 6.62. The van der Waals surface area contributed by atoms with Crippen LogP contribution in [0, 0.1) is 28.8 Å². The Morgan fingerprint density at radius 2 is 2.21 bits per heavy atom. The van der Waals surface area contributed by atoms with E-state index in [1.807, 2.05) is 18.2 Å². The Bertz CT molecular complexity index is 1590. The Hall–Kier alpha value is -3.80. The van der Waals surface area contributed by atoms with Gasteiger partial charge < -0.3 is 24.6 Å². The molecule has 0 radical (unpaired) electrons. The molecule has 1 saturated heterocycles. The molecular formula is C27H26ClFN6O4. The monoisotopic (exact) mass is 552 g/mol. The minimum atomic E-state index is -0.909. The lowest BCUT2D eigenvalue weighted by Gasteiger charge is -2.30. The third kappa shape index (κ3) is 4.56. The zero-order chi connectivity index (χ0) is 27.3. The van der Waals surface area contributed by atoms with Crippen LogP contribution in [0.4, 0.5) is 21.7 Å². The van der Waals surface area contributed by atoms with Gasteiger partial charge in [0.1, 0.15) is 12.4 Å². The van der Waals surface area contributed by atoms with Crippen molar-refractivity contribution in [3.05, 3.63) is 69.2 Å². The van der Waals surface area contributed by atoms with Crippen LogP contribution in [0.5, 0.6) is 5.75 Å². The lowest BCUT2D eigenvalue weighted by Crippen LogP contribution is -2.31. The number of aliphatic hydroxyl groups excluding tert-OH is 1. The second-order valence-electron chi connectivity index (χ2n) is 9.94. The molecule has 10 nitrogen and oxygen atoms in total. The number of β-amino-alcohol motifs (C(OH)–C–C–N with tert-alkyl or cyclic N) is 1. The van der Waals surface area contributed by atoms with E-state index in [4.69, 9.17) is 16.3 Å². The Kier molecular flexibility index (Phi) is 6.57. The zero-order valence-electron chi connectivity index (χ0n) is 21.1. The minimum Gasteiger partial charge on any atom is -0.489 e. The molecule has 0 spiro atoms. The van der Waals surface area contributed by atoms with Gasteiger partial charge in [-0.25, -0.2) is 9.97 Å². The van der Waals surface area contributed by atoms with Gasteiger partial charge in [0.15, 0.2) is 0 Å². The van der Waals surface area contributed by atoms with E-state index in [2.05, 4.69) is 30.9 Å². The molecule has 2 aromatic heterocycles. The van der Waals surface area contributed by atoms with Crippen LogP contribution in [-0.4, -0.2) is 62.3 Å². The van der Waals surface area contributed by atoms with E-state index >= 15 is 0 Å². The predicted molar refractivity (Wildman–Crippen MR) is 145 cm³/mol. The molecule has 1 fully saturated rings. The largest absolute Gasteiger partial charge is 0.489 e. The van der Waals surface area contributed by atoms with Gasteiger partial charge in [0.25, 0.3) is 0 Å². The van der Waals surface area contributed by atoms with Crippen LogP contribution in [0.15, 0.2) is 42.7 Å². The number of anilines is 2. The van der Waals surface area contributed by atoms with Crippen LogP contribution in [0.25, 0.3) is 22.2 Å². The van der Waals surface area contributed by atoms with E-state index in [0.29, 0.717) is 41.0 Å². The molecule has 2 N–H and O–H groups in total. The number of aliphatic hydroxyl groups is 1. The van der Waals surface area contributed by atoms with Gasteiger partial charge in [0.05, 0.1) is 45.7 Å². The van der Waals surface area contributed by atoms with Crippen LogP contribution >= 0.6 is 11.6 Å². The average Bonchev–Trinajstić information content (AvgIpc) is 3.53. The van der Waals surface area contributed by atoms with Crippen molar-refractivity contribution in [2.75, 3.05) is 38.2 Å². The smallest absolute Gasteiger partial charge is 0.306 e. The van der Waals surface area contributed by atoms with Crippen LogP contribution in [0.2, 0.25) is 5.02 Å². The maximum atomic E-state index is 14.0. The number of ether oxygens (including phenoxy) is 1. The summed E-state index contributed by atoms with van der Waals surface area (Å²) in [6.07, 6.45) is 4.54. The number of hydrogen-bond donors (Lipinski definition) is 2. The third-order valence-corrected chi connectivity index (χ3v) is 7.86. The third-order valence-electron chi connectivity index (χ3n) is 7.59. The molecule has 39 heavy (non-hydrogen) atoms. The molecule has 4 heterocycles. The van der Waals surface area contributed by atoms with E-state index in [0.717, 1.165) is 53.9 Å². The molecule has 6 rings (SSSR count). The molecule has 2 aliphatic rings. The molecular weight excluding hydrogens is 527 g/mol. The summed E-state index contributed by atoms with van der Waals surface area (Å²) in [7, 11) is 0. The highest BCUT2D eigenvalue weighted by Gasteiger charge is 2.35. The summed E-state index contributed by atoms with van der Waals surface area (Å²) in [6, 6.07) is 8.23. The van der Waals surface area contributed by atoms with Gasteiger partial charge in [0, 0.05) is 36.3 Å². The molecule has 0 amide bonds. The fraction of sp³-hybridized carbons (Fsp3) is 0.333. The lowest BCUT2D eigenvalue weighted by atomic mass is 9.98. The van der Waals surface area contributed by atoms with Crippen molar-refractivity contribution in [2.24, 2.45) is 5.92 Å². The van der Waals surface area contributed by atoms with E-state index in [9.17, 15) is 19.6 Å². The minimum absolute atomic E-state index is 0.112. The van der Waals surface area contributed by atoms with E-state index in [1.165, 1.54) is 6.20 Å². The van der Waals surface area contributed by atoms with Crippen molar-refractivity contribution in [2.45, 2.75) is 19.4 Å². The molecule has 0 aliphatic carbocycles. The fourth-order valence-corrected chi connectivity index (χ4v) is 5.85. The Morgan fingerprint density at radius 3 is 3.00 bits per heavy atom. The summed E-state index contributed by atoms with van der Waals surface area (Å²) in [5, 5.41) is 24.9. The Labute approximate surface area is 228 Å². The van der Waals surface area contributed by atoms with Crippen LogP contribution < -0.4 is 10.1 Å². The van der Waals surface area contributed by atoms with Gasteiger partial charge in [-0.2, -0.15) is 4.39 Å². The number of likely N-dealkylation sites (tertiary alicyclic amines) is 1. The SMILES string of the molecule is Cc1cc(F)c([N+](=O)[O-])cc1Nc1ncc(Cl)c(-c2cn3c4c(cccc24)OCC3C2CCN(CCO)C2)n1. The first-order valence-electron chi connectivity index (χ1n) is 12.7. The van der Waals surface area contributed by atoms with Crippen LogP contribution in [-0.2, 0) is 0 Å². The van der Waals surface area contributed by atoms with Crippen molar-refractivity contribution >= 4 is 39.8 Å². The number of para-hydroxylation sites is 1. The first-order chi connectivity index (χ1) is 18.8. The van der Waals surface area contributed by atoms with E-state index in [1.54, 1.807) is 6.92 Å². The van der Waals surface area contributed by atoms with Gasteiger partial charge in [-0.05, 0) is 43.5 Å². The molecule has 2 aromatic carbocycles. The number of nitro benzene ring substituents is 1. The predicted octanol–water partition coefficient (Wildman–Crippen LogP) is 5.10. The molecule has 2 atom stereocenters. The highest BCUT2D eigenvalue weighted by atomic mass is 35.5. The highest BCUT2D eigenvalue weighted by molar-refractivity contribution is 6.33. The first-order valence-corrected chi connectivity index (χ1v) is 13.1. The number of nitro groups is 1. The van der Waals surface area contributed by atoms with Gasteiger partial charge in [-0.3, -0.25) is 10.1 Å². The fourth-order valence-electron chi connectivity index (χ4n) is 5.66. The first kappa shape index (κ1) is 25.5. The van der Waals surface area contributed by atoms with Crippen molar-refractivity contribution in [3.8, 4) is 17.0 Å². The van der Waals surface area contributed by atoms with Gasteiger partial charge in [-0.1, -0.05) is 23.7 Å². The summed E-state index contributed by atoms with van der Waals surface area (Å²) in [5.74, 6) is 0.420. The molecule has 202 valence electrons. The average molecular weight is 553 g/mol. The number of aromatic nitrogens is 3. The normalized spacial score (nSPS) is 18.9. The van der Waals surface area contributed by atoms with E-state index < -0.39 is 16.4 Å². The number of benzene rings is 2. The van der Waals surface area contributed by atoms with Crippen LogP contribution in [0.1, 0.15) is 18.0 Å². The van der Waals surface area contributed by atoms with Crippen LogP contribution in [0.3, 0.4) is 0 Å². The summed E-state index contributed by atoms with van der Waals surface area (Å²) in [4.78, 5) is 21.7. The van der Waals surface area contributed by atoms with Crippen molar-refractivity contribution < 1.29 is 19.2 Å². The van der Waals surface area contributed by atoms with Gasteiger partial charge in [0.2, 0.25) is 11.8 Å². The Balaban J connectivity index is 1.39. The molecule has 0 bridgehead atoms. The molecule has 2 unspecified atom stereocenters. The topological polar surface area (TPSA) is 119 Å². The number of hydrogen-bond acceptors (Lipinski definition) is 8. The molecule has 0 saturated carbocycles. The highest BCUT2D eigenvalue weighted by Crippen LogP contribution is 2.44. The summed E-state index contributed by atoms with van der Waals surface area (Å²) < 4.78 is 22.5.